The standard InChI is InChI=1S/C10H11NO2/c1-6-5-7-3-2-4-8(10(12)13)9(7)11-6/h2-4,6,11H,5H2,1H3,(H,12,13). The number of hydrogen-bond donors (Lipinski definition) is 2. The van der Waals surface area contributed by atoms with E-state index in [1.807, 2.05) is 13.0 Å². The molecule has 1 aromatic rings. The maximum absolute atomic E-state index is 10.8. The van der Waals surface area contributed by atoms with Gasteiger partial charge in [-0.25, -0.2) is 4.79 Å². The summed E-state index contributed by atoms with van der Waals surface area (Å²) in [6.07, 6.45) is 0.913. The van der Waals surface area contributed by atoms with E-state index in [-0.39, 0.29) is 0 Å². The summed E-state index contributed by atoms with van der Waals surface area (Å²) in [6, 6.07) is 5.74. The minimum atomic E-state index is -0.863. The monoisotopic (exact) mass is 177 g/mol. The van der Waals surface area contributed by atoms with Crippen molar-refractivity contribution in [2.24, 2.45) is 0 Å². The second kappa shape index (κ2) is 2.76. The number of benzene rings is 1. The highest BCUT2D eigenvalue weighted by atomic mass is 16.4. The molecule has 1 aliphatic rings. The number of hydrogen-bond acceptors (Lipinski definition) is 2. The third kappa shape index (κ3) is 1.26. The predicted octanol–water partition coefficient (Wildman–Crippen LogP) is 1.74. The van der Waals surface area contributed by atoms with E-state index >= 15 is 0 Å². The van der Waals surface area contributed by atoms with Crippen LogP contribution in [0.1, 0.15) is 22.8 Å². The van der Waals surface area contributed by atoms with Crippen LogP contribution in [0.3, 0.4) is 0 Å². The van der Waals surface area contributed by atoms with E-state index in [1.54, 1.807) is 12.1 Å². The number of anilines is 1. The van der Waals surface area contributed by atoms with Gasteiger partial charge in [-0.05, 0) is 25.0 Å². The van der Waals surface area contributed by atoms with Gasteiger partial charge in [0.05, 0.1) is 11.3 Å². The summed E-state index contributed by atoms with van der Waals surface area (Å²) in [5.41, 5.74) is 2.27. The lowest BCUT2D eigenvalue weighted by Gasteiger charge is -2.05. The van der Waals surface area contributed by atoms with Crippen molar-refractivity contribution in [1.82, 2.24) is 0 Å². The van der Waals surface area contributed by atoms with Gasteiger partial charge < -0.3 is 10.4 Å². The molecule has 0 saturated carbocycles. The first-order chi connectivity index (χ1) is 6.18. The van der Waals surface area contributed by atoms with E-state index in [2.05, 4.69) is 5.32 Å². The Hall–Kier alpha value is -1.51. The number of carboxylic acids is 1. The van der Waals surface area contributed by atoms with Crippen LogP contribution in [-0.2, 0) is 6.42 Å². The van der Waals surface area contributed by atoms with Crippen LogP contribution in [0.5, 0.6) is 0 Å². The molecule has 0 saturated heterocycles. The second-order valence-corrected chi connectivity index (χ2v) is 3.39. The summed E-state index contributed by atoms with van der Waals surface area (Å²) in [4.78, 5) is 10.8. The van der Waals surface area contributed by atoms with E-state index in [9.17, 15) is 4.79 Å². The Bertz CT molecular complexity index is 360. The molecule has 2 rings (SSSR count). The van der Waals surface area contributed by atoms with Gasteiger partial charge in [0.25, 0.3) is 0 Å². The zero-order valence-electron chi connectivity index (χ0n) is 7.37. The molecule has 0 bridgehead atoms. The molecule has 13 heavy (non-hydrogen) atoms. The lowest BCUT2D eigenvalue weighted by molar-refractivity contribution is 0.0698. The zero-order valence-corrected chi connectivity index (χ0v) is 7.37. The molecule has 3 heteroatoms. The molecule has 0 spiro atoms. The Labute approximate surface area is 76.4 Å². The molecule has 68 valence electrons. The third-order valence-corrected chi connectivity index (χ3v) is 2.30. The normalized spacial score (nSPS) is 19.3. The Morgan fingerprint density at radius 2 is 2.38 bits per heavy atom. The fourth-order valence-electron chi connectivity index (χ4n) is 1.75. The molecular weight excluding hydrogens is 166 g/mol. The van der Waals surface area contributed by atoms with Gasteiger partial charge in [-0.2, -0.15) is 0 Å². The smallest absolute Gasteiger partial charge is 0.337 e. The van der Waals surface area contributed by atoms with Crippen LogP contribution < -0.4 is 5.32 Å². The first-order valence-corrected chi connectivity index (χ1v) is 4.30. The van der Waals surface area contributed by atoms with E-state index < -0.39 is 5.97 Å². The molecule has 3 nitrogen and oxygen atoms in total. The van der Waals surface area contributed by atoms with Gasteiger partial charge in [0.1, 0.15) is 0 Å². The van der Waals surface area contributed by atoms with E-state index in [4.69, 9.17) is 5.11 Å². The summed E-state index contributed by atoms with van der Waals surface area (Å²) in [6.45, 7) is 2.05. The van der Waals surface area contributed by atoms with Crippen LogP contribution in [0, 0.1) is 0 Å². The van der Waals surface area contributed by atoms with Crippen LogP contribution in [0.15, 0.2) is 18.2 Å². The number of fused-ring (bicyclic) bond motifs is 1. The first kappa shape index (κ1) is 8.10. The molecule has 1 aromatic carbocycles. The highest BCUT2D eigenvalue weighted by Gasteiger charge is 2.21. The van der Waals surface area contributed by atoms with Crippen molar-refractivity contribution in [2.45, 2.75) is 19.4 Å². The minimum Gasteiger partial charge on any atom is -0.478 e. The van der Waals surface area contributed by atoms with Crippen LogP contribution in [0.4, 0.5) is 5.69 Å². The van der Waals surface area contributed by atoms with Gasteiger partial charge >= 0.3 is 5.97 Å². The number of para-hydroxylation sites is 1. The number of carboxylic acid groups (broad SMARTS) is 1. The summed E-state index contributed by atoms with van der Waals surface area (Å²) in [5.74, 6) is -0.863. The van der Waals surface area contributed by atoms with Gasteiger partial charge in [0.15, 0.2) is 0 Å². The maximum Gasteiger partial charge on any atom is 0.337 e. The molecule has 1 aliphatic heterocycles. The Kier molecular flexibility index (Phi) is 1.72. The van der Waals surface area contributed by atoms with E-state index in [0.717, 1.165) is 17.7 Å². The lowest BCUT2D eigenvalue weighted by Crippen LogP contribution is -2.10. The van der Waals surface area contributed by atoms with Crippen molar-refractivity contribution in [3.8, 4) is 0 Å². The molecular formula is C10H11NO2. The van der Waals surface area contributed by atoms with Crippen molar-refractivity contribution < 1.29 is 9.90 Å². The Morgan fingerprint density at radius 1 is 1.62 bits per heavy atom. The van der Waals surface area contributed by atoms with Gasteiger partial charge in [-0.1, -0.05) is 12.1 Å². The molecule has 1 heterocycles. The van der Waals surface area contributed by atoms with Crippen molar-refractivity contribution in [2.75, 3.05) is 5.32 Å². The fraction of sp³-hybridized carbons (Fsp3) is 0.300. The summed E-state index contributed by atoms with van der Waals surface area (Å²) in [7, 11) is 0. The molecule has 0 aromatic heterocycles. The topological polar surface area (TPSA) is 49.3 Å². The number of rotatable bonds is 1. The third-order valence-electron chi connectivity index (χ3n) is 2.30. The SMILES string of the molecule is CC1Cc2cccc(C(=O)O)c2N1. The molecule has 2 N–H and O–H groups in total. The lowest BCUT2D eigenvalue weighted by atomic mass is 10.1. The minimum absolute atomic E-state index is 0.343. The van der Waals surface area contributed by atoms with Gasteiger partial charge in [-0.15, -0.1) is 0 Å². The zero-order chi connectivity index (χ0) is 9.42. The fourth-order valence-corrected chi connectivity index (χ4v) is 1.75. The van der Waals surface area contributed by atoms with Crippen LogP contribution in [0.25, 0.3) is 0 Å². The predicted molar refractivity (Wildman–Crippen MR) is 50.2 cm³/mol. The number of aromatic carboxylic acids is 1. The van der Waals surface area contributed by atoms with Gasteiger partial charge in [0.2, 0.25) is 0 Å². The van der Waals surface area contributed by atoms with Crippen molar-refractivity contribution in [1.29, 1.82) is 0 Å². The summed E-state index contributed by atoms with van der Waals surface area (Å²) in [5, 5.41) is 12.1. The largest absolute Gasteiger partial charge is 0.478 e. The molecule has 0 amide bonds. The Balaban J connectivity index is 2.51. The van der Waals surface area contributed by atoms with Crippen LogP contribution in [-0.4, -0.2) is 17.1 Å². The van der Waals surface area contributed by atoms with Crippen molar-refractivity contribution >= 4 is 11.7 Å². The van der Waals surface area contributed by atoms with Crippen LogP contribution in [0.2, 0.25) is 0 Å². The molecule has 0 aliphatic carbocycles. The van der Waals surface area contributed by atoms with Crippen molar-refractivity contribution in [3.05, 3.63) is 29.3 Å². The molecule has 1 unspecified atom stereocenters. The molecule has 1 atom stereocenters. The maximum atomic E-state index is 10.8. The van der Waals surface area contributed by atoms with Gasteiger partial charge in [0, 0.05) is 6.04 Å². The number of carbonyl (C=O) groups is 1. The number of nitrogens with one attached hydrogen (secondary N) is 1. The molecule has 0 fully saturated rings. The van der Waals surface area contributed by atoms with E-state index in [1.165, 1.54) is 0 Å². The summed E-state index contributed by atoms with van der Waals surface area (Å²) < 4.78 is 0. The highest BCUT2D eigenvalue weighted by Crippen LogP contribution is 2.29. The average Bonchev–Trinajstić information content (AvgIpc) is 2.43. The van der Waals surface area contributed by atoms with Crippen LogP contribution >= 0.6 is 0 Å². The summed E-state index contributed by atoms with van der Waals surface area (Å²) >= 11 is 0. The highest BCUT2D eigenvalue weighted by molar-refractivity contribution is 5.95. The quantitative estimate of drug-likeness (QED) is 0.687. The first-order valence-electron chi connectivity index (χ1n) is 4.30. The second-order valence-electron chi connectivity index (χ2n) is 3.39. The van der Waals surface area contributed by atoms with Gasteiger partial charge in [-0.3, -0.25) is 0 Å². The Morgan fingerprint density at radius 3 is 3.08 bits per heavy atom. The van der Waals surface area contributed by atoms with Crippen molar-refractivity contribution in [3.63, 3.8) is 0 Å². The average molecular weight is 177 g/mol. The van der Waals surface area contributed by atoms with E-state index in [0.29, 0.717) is 11.6 Å². The molecule has 0 radical (unpaired) electrons.